The summed E-state index contributed by atoms with van der Waals surface area (Å²) < 4.78 is 13.3. The summed E-state index contributed by atoms with van der Waals surface area (Å²) >= 11 is 6.76. The molecule has 0 N–H and O–H groups in total. The van der Waals surface area contributed by atoms with E-state index in [4.69, 9.17) is 9.47 Å². The van der Waals surface area contributed by atoms with Gasteiger partial charge in [-0.15, -0.1) is 0 Å². The van der Waals surface area contributed by atoms with E-state index in [1.54, 1.807) is 76.2 Å². The number of hydrogen-bond acceptors (Lipinski definition) is 8. The third-order valence-electron chi connectivity index (χ3n) is 9.74. The van der Waals surface area contributed by atoms with E-state index >= 15 is 0 Å². The van der Waals surface area contributed by atoms with Gasteiger partial charge in [0.25, 0.3) is 0 Å². The summed E-state index contributed by atoms with van der Waals surface area (Å²) in [5.74, 6) is -3.30. The van der Waals surface area contributed by atoms with E-state index in [2.05, 4.69) is 31.9 Å². The number of cyclic esters (lactones) is 2. The molecule has 3 aromatic carbocycles. The first-order valence-electron chi connectivity index (χ1n) is 15.5. The smallest absolute Gasteiger partial charge is 0.320 e. The Morgan fingerprint density at radius 2 is 0.833 bits per heavy atom. The maximum absolute atomic E-state index is 13.8. The first-order chi connectivity index (χ1) is 22.3. The second-order valence-electron chi connectivity index (χ2n) is 14.2. The van der Waals surface area contributed by atoms with Gasteiger partial charge in [-0.25, -0.2) is 0 Å². The van der Waals surface area contributed by atoms with E-state index in [-0.39, 0.29) is 11.1 Å². The SMILES string of the molecule is CC1(CC(=O)c2ccc(C(=O)CC3(C)C(=O)OC(c4ccc(Br)cc4)C(C)(C)C3=O)cc2)C(=O)OC(c2ccc(Br)cc2)C(C)(C)C1=O. The number of halogens is 2. The van der Waals surface area contributed by atoms with Crippen molar-refractivity contribution in [2.24, 2.45) is 21.7 Å². The second kappa shape index (κ2) is 12.6. The monoisotopic (exact) mass is 778 g/mol. The molecule has 2 aliphatic rings. The Morgan fingerprint density at radius 1 is 0.542 bits per heavy atom. The Kier molecular flexibility index (Phi) is 9.33. The van der Waals surface area contributed by atoms with Crippen molar-refractivity contribution in [3.05, 3.63) is 104 Å². The quantitative estimate of drug-likeness (QED) is 0.128. The summed E-state index contributed by atoms with van der Waals surface area (Å²) in [7, 11) is 0. The van der Waals surface area contributed by atoms with Gasteiger partial charge < -0.3 is 9.47 Å². The van der Waals surface area contributed by atoms with E-state index in [0.717, 1.165) is 8.95 Å². The summed E-state index contributed by atoms with van der Waals surface area (Å²) in [6.45, 7) is 9.66. The molecule has 3 aromatic rings. The number of rotatable bonds is 8. The number of carbonyl (C=O) groups excluding carboxylic acids is 6. The maximum atomic E-state index is 13.8. The average molecular weight is 781 g/mol. The van der Waals surface area contributed by atoms with Gasteiger partial charge in [0.1, 0.15) is 23.0 Å². The predicted molar refractivity (Wildman–Crippen MR) is 184 cm³/mol. The topological polar surface area (TPSA) is 121 Å². The Bertz CT molecular complexity index is 1690. The van der Waals surface area contributed by atoms with Gasteiger partial charge in [0.15, 0.2) is 23.1 Å². The average Bonchev–Trinajstić information content (AvgIpc) is 3.04. The Hall–Kier alpha value is -3.76. The van der Waals surface area contributed by atoms with E-state index in [0.29, 0.717) is 11.1 Å². The zero-order valence-electron chi connectivity index (χ0n) is 27.5. The molecule has 2 saturated heterocycles. The molecule has 250 valence electrons. The normalized spacial score (nSPS) is 26.4. The van der Waals surface area contributed by atoms with Crippen LogP contribution in [0.15, 0.2) is 81.7 Å². The molecule has 0 aliphatic carbocycles. The number of esters is 2. The van der Waals surface area contributed by atoms with Gasteiger partial charge in [-0.3, -0.25) is 28.8 Å². The van der Waals surface area contributed by atoms with Crippen LogP contribution in [-0.4, -0.2) is 35.1 Å². The van der Waals surface area contributed by atoms with Crippen molar-refractivity contribution >= 4 is 66.9 Å². The standard InChI is InChI=1S/C38H36Br2O8/c1-35(2)29(23-11-15-25(39)16-12-23)47-33(45)37(5,31(35)43)19-27(41)21-7-9-22(10-8-21)28(42)20-38(6)32(44)36(3,4)30(48-34(38)46)24-13-17-26(40)18-14-24/h7-18,29-30H,19-20H2,1-6H3. The molecule has 0 spiro atoms. The van der Waals surface area contributed by atoms with E-state index < -0.39 is 81.8 Å². The fraction of sp³-hybridized carbons (Fsp3) is 0.368. The Morgan fingerprint density at radius 3 is 1.12 bits per heavy atom. The van der Waals surface area contributed by atoms with Gasteiger partial charge >= 0.3 is 11.9 Å². The molecule has 4 atom stereocenters. The molecule has 0 aromatic heterocycles. The van der Waals surface area contributed by atoms with Crippen LogP contribution in [0.4, 0.5) is 0 Å². The molecular weight excluding hydrogens is 744 g/mol. The molecule has 8 nitrogen and oxygen atoms in total. The van der Waals surface area contributed by atoms with Crippen molar-refractivity contribution < 1.29 is 38.2 Å². The minimum atomic E-state index is -1.71. The van der Waals surface area contributed by atoms with Crippen LogP contribution in [-0.2, 0) is 28.7 Å². The Balaban J connectivity index is 1.29. The van der Waals surface area contributed by atoms with Crippen LogP contribution in [0.3, 0.4) is 0 Å². The molecule has 2 fully saturated rings. The molecule has 10 heteroatoms. The number of carbonyl (C=O) groups is 6. The largest absolute Gasteiger partial charge is 0.456 e. The van der Waals surface area contributed by atoms with Crippen molar-refractivity contribution in [3.8, 4) is 0 Å². The van der Waals surface area contributed by atoms with Crippen LogP contribution in [0.5, 0.6) is 0 Å². The van der Waals surface area contributed by atoms with Crippen molar-refractivity contribution in [1.29, 1.82) is 0 Å². The third kappa shape index (κ3) is 6.13. The number of benzene rings is 3. The molecule has 4 unspecified atom stereocenters. The van der Waals surface area contributed by atoms with Crippen LogP contribution in [0, 0.1) is 21.7 Å². The van der Waals surface area contributed by atoms with Crippen molar-refractivity contribution in [2.75, 3.05) is 0 Å². The lowest BCUT2D eigenvalue weighted by molar-refractivity contribution is -0.189. The lowest BCUT2D eigenvalue weighted by Gasteiger charge is -2.44. The molecule has 0 amide bonds. The maximum Gasteiger partial charge on any atom is 0.320 e. The zero-order chi connectivity index (χ0) is 35.4. The van der Waals surface area contributed by atoms with E-state index in [1.807, 2.05) is 0 Å². The van der Waals surface area contributed by atoms with Crippen LogP contribution in [0.25, 0.3) is 0 Å². The summed E-state index contributed by atoms with van der Waals surface area (Å²) in [5.41, 5.74) is -3.90. The molecule has 0 bridgehead atoms. The Labute approximate surface area is 296 Å². The van der Waals surface area contributed by atoms with Crippen LogP contribution < -0.4 is 0 Å². The van der Waals surface area contributed by atoms with Gasteiger partial charge in [0.05, 0.1) is 10.8 Å². The van der Waals surface area contributed by atoms with Crippen molar-refractivity contribution in [3.63, 3.8) is 0 Å². The zero-order valence-corrected chi connectivity index (χ0v) is 30.7. The fourth-order valence-corrected chi connectivity index (χ4v) is 7.38. The van der Waals surface area contributed by atoms with Crippen LogP contribution in [0.1, 0.15) is 98.4 Å². The van der Waals surface area contributed by atoms with E-state index in [9.17, 15) is 28.8 Å². The number of Topliss-reactive ketones (excluding diaryl/α,β-unsaturated/α-hetero) is 4. The van der Waals surface area contributed by atoms with Crippen LogP contribution >= 0.6 is 31.9 Å². The molecule has 0 radical (unpaired) electrons. The molecular formula is C38H36Br2O8. The lowest BCUT2D eigenvalue weighted by Crippen LogP contribution is -2.54. The number of ketones is 4. The summed E-state index contributed by atoms with van der Waals surface area (Å²) in [6, 6.07) is 20.1. The van der Waals surface area contributed by atoms with Gasteiger partial charge in [-0.2, -0.15) is 0 Å². The minimum Gasteiger partial charge on any atom is -0.456 e. The van der Waals surface area contributed by atoms with E-state index in [1.165, 1.54) is 38.1 Å². The fourth-order valence-electron chi connectivity index (χ4n) is 6.85. The first-order valence-corrected chi connectivity index (χ1v) is 17.1. The third-order valence-corrected chi connectivity index (χ3v) is 10.8. The number of hydrogen-bond donors (Lipinski definition) is 0. The number of ether oxygens (including phenoxy) is 2. The summed E-state index contributed by atoms with van der Waals surface area (Å²) in [6.07, 6.45) is -2.46. The summed E-state index contributed by atoms with van der Waals surface area (Å²) in [4.78, 5) is 81.0. The first kappa shape index (κ1) is 35.5. The summed E-state index contributed by atoms with van der Waals surface area (Å²) in [5, 5.41) is 0. The highest BCUT2D eigenvalue weighted by Crippen LogP contribution is 2.51. The van der Waals surface area contributed by atoms with Crippen molar-refractivity contribution in [2.45, 2.75) is 66.6 Å². The molecule has 0 saturated carbocycles. The van der Waals surface area contributed by atoms with Crippen LogP contribution in [0.2, 0.25) is 0 Å². The lowest BCUT2D eigenvalue weighted by atomic mass is 9.64. The molecule has 2 heterocycles. The highest BCUT2D eigenvalue weighted by molar-refractivity contribution is 9.10. The second-order valence-corrected chi connectivity index (χ2v) is 16.0. The predicted octanol–water partition coefficient (Wildman–Crippen LogP) is 8.16. The molecule has 48 heavy (non-hydrogen) atoms. The van der Waals surface area contributed by atoms with Gasteiger partial charge in [-0.1, -0.05) is 80.4 Å². The minimum absolute atomic E-state index is 0.194. The van der Waals surface area contributed by atoms with Gasteiger partial charge in [0, 0.05) is 32.9 Å². The van der Waals surface area contributed by atoms with Crippen molar-refractivity contribution in [1.82, 2.24) is 0 Å². The van der Waals surface area contributed by atoms with Gasteiger partial charge in [-0.05, 0) is 76.9 Å². The van der Waals surface area contributed by atoms with Gasteiger partial charge in [0.2, 0.25) is 0 Å². The highest BCUT2D eigenvalue weighted by atomic mass is 79.9. The highest BCUT2D eigenvalue weighted by Gasteiger charge is 2.60. The molecule has 2 aliphatic heterocycles. The molecule has 5 rings (SSSR count).